The van der Waals surface area contributed by atoms with Gasteiger partial charge in [0.25, 0.3) is 0 Å². The number of nitrogens with one attached hydrogen (secondary N) is 1. The average molecular weight is 610 g/mol. The van der Waals surface area contributed by atoms with E-state index in [1.807, 2.05) is 0 Å². The lowest BCUT2D eigenvalue weighted by Crippen LogP contribution is -2.54. The van der Waals surface area contributed by atoms with Crippen LogP contribution in [0.2, 0.25) is 5.02 Å². The van der Waals surface area contributed by atoms with Gasteiger partial charge in [-0.15, -0.1) is 0 Å². The molecule has 0 radical (unpaired) electrons. The molecule has 2 amide bonds. The van der Waals surface area contributed by atoms with Crippen LogP contribution in [-0.2, 0) is 38.8 Å². The summed E-state index contributed by atoms with van der Waals surface area (Å²) >= 11 is 6.38. The molecule has 0 aliphatic carbocycles. The summed E-state index contributed by atoms with van der Waals surface area (Å²) in [6.07, 6.45) is -3.83. The van der Waals surface area contributed by atoms with E-state index >= 15 is 0 Å². The first kappa shape index (κ1) is 32.0. The van der Waals surface area contributed by atoms with Crippen LogP contribution in [0.25, 0.3) is 0 Å². The van der Waals surface area contributed by atoms with E-state index < -0.39 is 46.2 Å². The minimum Gasteiger partial charge on any atom is -0.352 e. The molecule has 0 unspecified atom stereocenters. The van der Waals surface area contributed by atoms with Crippen molar-refractivity contribution in [3.63, 3.8) is 0 Å². The van der Waals surface area contributed by atoms with Crippen LogP contribution in [0.4, 0.5) is 18.9 Å². The molecule has 1 atom stereocenters. The van der Waals surface area contributed by atoms with Crippen molar-refractivity contribution in [2.45, 2.75) is 45.1 Å². The van der Waals surface area contributed by atoms with Gasteiger partial charge in [0, 0.05) is 24.0 Å². The molecule has 0 heterocycles. The zero-order valence-electron chi connectivity index (χ0n) is 22.7. The van der Waals surface area contributed by atoms with Gasteiger partial charge < -0.3 is 10.2 Å². The maximum Gasteiger partial charge on any atom is 0.416 e. The standard InChI is InChI=1S/C29H31ClF3N3O4S/c1-20(2)34-28(38)26(16-21-10-5-4-6-11-21)35(18-22-12-7-8-15-25(22)30)27(37)19-36(41(3,39)40)24-14-9-13-23(17-24)29(31,32)33/h4-15,17,20,26H,16,18-19H2,1-3H3,(H,34,38)/t26-/m1/s1. The van der Waals surface area contributed by atoms with Crippen LogP contribution in [0.1, 0.15) is 30.5 Å². The summed E-state index contributed by atoms with van der Waals surface area (Å²) in [6, 6.07) is 18.0. The highest BCUT2D eigenvalue weighted by atomic mass is 35.5. The van der Waals surface area contributed by atoms with Gasteiger partial charge in [-0.05, 0) is 49.2 Å². The van der Waals surface area contributed by atoms with Gasteiger partial charge in [-0.25, -0.2) is 8.42 Å². The Morgan fingerprint density at radius 3 is 2.17 bits per heavy atom. The molecule has 7 nitrogen and oxygen atoms in total. The summed E-state index contributed by atoms with van der Waals surface area (Å²) in [6.45, 7) is 2.53. The van der Waals surface area contributed by atoms with Crippen LogP contribution in [0, 0.1) is 0 Å². The third kappa shape index (κ3) is 8.96. The number of nitrogens with zero attached hydrogens (tertiary/aromatic N) is 2. The van der Waals surface area contributed by atoms with Gasteiger partial charge in [0.15, 0.2) is 0 Å². The van der Waals surface area contributed by atoms with E-state index in [9.17, 15) is 31.2 Å². The third-order valence-corrected chi connectivity index (χ3v) is 7.65. The predicted molar refractivity (Wildman–Crippen MR) is 153 cm³/mol. The molecule has 0 saturated carbocycles. The van der Waals surface area contributed by atoms with Crippen molar-refractivity contribution in [2.24, 2.45) is 0 Å². The zero-order chi connectivity index (χ0) is 30.4. The lowest BCUT2D eigenvalue weighted by Gasteiger charge is -2.34. The molecular weight excluding hydrogens is 579 g/mol. The highest BCUT2D eigenvalue weighted by Crippen LogP contribution is 2.32. The molecule has 3 rings (SSSR count). The molecule has 0 fully saturated rings. The van der Waals surface area contributed by atoms with Gasteiger partial charge in [0.05, 0.1) is 17.5 Å². The number of carbonyl (C=O) groups excluding carboxylic acids is 2. The van der Waals surface area contributed by atoms with Crippen molar-refractivity contribution in [2.75, 3.05) is 17.1 Å². The Morgan fingerprint density at radius 1 is 0.951 bits per heavy atom. The van der Waals surface area contributed by atoms with Crippen LogP contribution in [0.5, 0.6) is 0 Å². The van der Waals surface area contributed by atoms with Crippen molar-refractivity contribution in [3.8, 4) is 0 Å². The number of benzene rings is 3. The SMILES string of the molecule is CC(C)NC(=O)[C@@H](Cc1ccccc1)N(Cc1ccccc1Cl)C(=O)CN(c1cccc(C(F)(F)F)c1)S(C)(=O)=O. The summed E-state index contributed by atoms with van der Waals surface area (Å²) in [5, 5.41) is 3.14. The van der Waals surface area contributed by atoms with Crippen molar-refractivity contribution in [1.29, 1.82) is 0 Å². The van der Waals surface area contributed by atoms with Crippen LogP contribution >= 0.6 is 11.6 Å². The average Bonchev–Trinajstić information content (AvgIpc) is 2.89. The van der Waals surface area contributed by atoms with E-state index in [-0.39, 0.29) is 24.7 Å². The van der Waals surface area contributed by atoms with Gasteiger partial charge in [-0.2, -0.15) is 13.2 Å². The molecule has 0 aliphatic rings. The Balaban J connectivity index is 2.09. The Bertz CT molecular complexity index is 1470. The van der Waals surface area contributed by atoms with E-state index in [1.54, 1.807) is 68.4 Å². The van der Waals surface area contributed by atoms with E-state index in [4.69, 9.17) is 11.6 Å². The number of hydrogen-bond acceptors (Lipinski definition) is 4. The van der Waals surface area contributed by atoms with E-state index in [2.05, 4.69) is 5.32 Å². The fourth-order valence-corrected chi connectivity index (χ4v) is 5.23. The van der Waals surface area contributed by atoms with Crippen molar-refractivity contribution in [3.05, 3.63) is 101 Å². The molecule has 12 heteroatoms. The molecule has 0 saturated heterocycles. The number of alkyl halides is 3. The summed E-state index contributed by atoms with van der Waals surface area (Å²) in [5.41, 5.74) is -0.156. The predicted octanol–water partition coefficient (Wildman–Crippen LogP) is 5.29. The van der Waals surface area contributed by atoms with Crippen LogP contribution in [0.3, 0.4) is 0 Å². The molecule has 3 aromatic carbocycles. The van der Waals surface area contributed by atoms with Gasteiger partial charge >= 0.3 is 6.18 Å². The highest BCUT2D eigenvalue weighted by molar-refractivity contribution is 7.92. The number of carbonyl (C=O) groups is 2. The molecule has 0 bridgehead atoms. The van der Waals surface area contributed by atoms with Gasteiger partial charge in [0.2, 0.25) is 21.8 Å². The lowest BCUT2D eigenvalue weighted by atomic mass is 10.0. The largest absolute Gasteiger partial charge is 0.416 e. The van der Waals surface area contributed by atoms with Gasteiger partial charge in [-0.3, -0.25) is 13.9 Å². The molecule has 41 heavy (non-hydrogen) atoms. The number of halogens is 4. The van der Waals surface area contributed by atoms with Crippen LogP contribution < -0.4 is 9.62 Å². The lowest BCUT2D eigenvalue weighted by molar-refractivity contribution is -0.140. The molecule has 0 aliphatic heterocycles. The molecule has 0 aromatic heterocycles. The second kappa shape index (κ2) is 13.4. The summed E-state index contributed by atoms with van der Waals surface area (Å²) in [5.74, 6) is -1.28. The molecule has 0 spiro atoms. The smallest absolute Gasteiger partial charge is 0.352 e. The monoisotopic (exact) mass is 609 g/mol. The first-order chi connectivity index (χ1) is 19.2. The number of anilines is 1. The first-order valence-electron chi connectivity index (χ1n) is 12.7. The number of rotatable bonds is 11. The second-order valence-electron chi connectivity index (χ2n) is 9.80. The minimum absolute atomic E-state index is 0.0953. The fraction of sp³-hybridized carbons (Fsp3) is 0.310. The third-order valence-electron chi connectivity index (χ3n) is 6.14. The van der Waals surface area contributed by atoms with Gasteiger partial charge in [0.1, 0.15) is 12.6 Å². The van der Waals surface area contributed by atoms with Crippen molar-refractivity contribution in [1.82, 2.24) is 10.2 Å². The first-order valence-corrected chi connectivity index (χ1v) is 14.9. The number of hydrogen-bond donors (Lipinski definition) is 1. The van der Waals surface area contributed by atoms with E-state index in [0.717, 1.165) is 24.0 Å². The molecule has 3 aromatic rings. The Labute approximate surface area is 243 Å². The van der Waals surface area contributed by atoms with E-state index in [1.165, 1.54) is 11.0 Å². The maximum absolute atomic E-state index is 14.0. The number of sulfonamides is 1. The molecular formula is C29H31ClF3N3O4S. The normalized spacial score (nSPS) is 12.6. The van der Waals surface area contributed by atoms with Gasteiger partial charge in [-0.1, -0.05) is 66.2 Å². The number of amides is 2. The van der Waals surface area contributed by atoms with Crippen molar-refractivity contribution >= 4 is 39.1 Å². The second-order valence-corrected chi connectivity index (χ2v) is 12.1. The topological polar surface area (TPSA) is 86.8 Å². The fourth-order valence-electron chi connectivity index (χ4n) is 4.20. The minimum atomic E-state index is -4.73. The molecule has 1 N–H and O–H groups in total. The zero-order valence-corrected chi connectivity index (χ0v) is 24.3. The Hall–Kier alpha value is -3.57. The Morgan fingerprint density at radius 2 is 1.59 bits per heavy atom. The summed E-state index contributed by atoms with van der Waals surface area (Å²) < 4.78 is 66.4. The quantitative estimate of drug-likeness (QED) is 0.320. The van der Waals surface area contributed by atoms with Crippen molar-refractivity contribution < 1.29 is 31.2 Å². The van der Waals surface area contributed by atoms with E-state index in [0.29, 0.717) is 21.0 Å². The Kier molecular flexibility index (Phi) is 10.4. The summed E-state index contributed by atoms with van der Waals surface area (Å²) in [7, 11) is -4.22. The summed E-state index contributed by atoms with van der Waals surface area (Å²) in [4.78, 5) is 28.7. The molecule has 220 valence electrons. The van der Waals surface area contributed by atoms with Crippen LogP contribution in [0.15, 0.2) is 78.9 Å². The highest BCUT2D eigenvalue weighted by Gasteiger charge is 2.35. The maximum atomic E-state index is 14.0. The van der Waals surface area contributed by atoms with Crippen LogP contribution in [-0.4, -0.2) is 50.0 Å².